The molecule has 1 fully saturated rings. The van der Waals surface area contributed by atoms with Crippen molar-refractivity contribution in [1.82, 2.24) is 15.1 Å². The Morgan fingerprint density at radius 1 is 1.13 bits per heavy atom. The van der Waals surface area contributed by atoms with Crippen LogP contribution in [0.1, 0.15) is 6.42 Å². The minimum atomic E-state index is -2.25. The Morgan fingerprint density at radius 2 is 1.80 bits per heavy atom. The summed E-state index contributed by atoms with van der Waals surface area (Å²) in [4.78, 5) is 0.267. The van der Waals surface area contributed by atoms with E-state index in [1.165, 1.54) is 22.5 Å². The average Bonchev–Trinajstić information content (AvgIpc) is 2.26. The Morgan fingerprint density at radius 3 is 2.20 bits per heavy atom. The van der Waals surface area contributed by atoms with E-state index in [9.17, 15) is 8.42 Å². The van der Waals surface area contributed by atoms with E-state index < -0.39 is 10.3 Å². The first-order valence-corrected chi connectivity index (χ1v) is 5.41. The van der Waals surface area contributed by atoms with Gasteiger partial charge in [0.1, 0.15) is 0 Å². The number of hydrazine groups is 2. The zero-order valence-corrected chi connectivity index (χ0v) is 9.15. The zero-order chi connectivity index (χ0) is 11.4. The minimum absolute atomic E-state index is 0.267. The fraction of sp³-hybridized carbons (Fsp3) is 0.222. The molecule has 0 atom stereocenters. The van der Waals surface area contributed by atoms with Crippen LogP contribution in [0.3, 0.4) is 0 Å². The summed E-state index contributed by atoms with van der Waals surface area (Å²) >= 11 is 0. The van der Waals surface area contributed by atoms with Crippen molar-refractivity contribution in [1.29, 1.82) is 0 Å². The van der Waals surface area contributed by atoms with Gasteiger partial charge in [0.25, 0.3) is 0 Å². The summed E-state index contributed by atoms with van der Waals surface area (Å²) in [5.41, 5.74) is 0. The van der Waals surface area contributed by atoms with Gasteiger partial charge in [-0.3, -0.25) is 5.01 Å². The Balaban J connectivity index is 3.16. The van der Waals surface area contributed by atoms with Crippen molar-refractivity contribution in [2.24, 2.45) is 0 Å². The molecule has 0 amide bonds. The van der Waals surface area contributed by atoms with Crippen LogP contribution < -0.4 is 0 Å². The third-order valence-electron chi connectivity index (χ3n) is 2.03. The molecule has 0 bridgehead atoms. The number of nitrogens with zero attached hydrogens (tertiary/aromatic N) is 3. The van der Waals surface area contributed by atoms with E-state index in [4.69, 9.17) is 0 Å². The molecule has 0 saturated carbocycles. The van der Waals surface area contributed by atoms with Crippen LogP contribution in [0, 0.1) is 0 Å². The normalized spacial score (nSPS) is 16.3. The van der Waals surface area contributed by atoms with Crippen LogP contribution in [0.25, 0.3) is 0 Å². The predicted molar refractivity (Wildman–Crippen MR) is 59.5 cm³/mol. The number of hydrogen-bond acceptors (Lipinski definition) is 4. The molecule has 15 heavy (non-hydrogen) atoms. The summed E-state index contributed by atoms with van der Waals surface area (Å²) in [5.74, 6) is 0. The lowest BCUT2D eigenvalue weighted by atomic mass is 10.4. The van der Waals surface area contributed by atoms with Crippen LogP contribution in [0.15, 0.2) is 38.3 Å². The van der Waals surface area contributed by atoms with Crippen LogP contribution in [-0.2, 0) is 10.3 Å². The van der Waals surface area contributed by atoms with Crippen molar-refractivity contribution in [3.8, 4) is 0 Å². The molecular weight excluding hydrogens is 214 g/mol. The first-order chi connectivity index (χ1) is 7.15. The maximum absolute atomic E-state index is 10.9. The third kappa shape index (κ3) is 2.04. The van der Waals surface area contributed by atoms with Crippen molar-refractivity contribution in [3.05, 3.63) is 38.3 Å². The van der Waals surface area contributed by atoms with Gasteiger partial charge < -0.3 is 0 Å². The molecule has 0 aromatic carbocycles. The van der Waals surface area contributed by atoms with Crippen molar-refractivity contribution in [2.45, 2.75) is 6.42 Å². The fourth-order valence-corrected chi connectivity index (χ4v) is 1.95. The zero-order valence-electron chi connectivity index (χ0n) is 8.33. The van der Waals surface area contributed by atoms with Gasteiger partial charge in [-0.1, -0.05) is 19.7 Å². The monoisotopic (exact) mass is 227 g/mol. The standard InChI is InChI=1S/C9H13N3O2S/c1-4-10-8-7-9(15(13)14)11(5-2)12(10)6-3/h4-6H,1-3,7-8H2. The molecule has 0 aliphatic carbocycles. The van der Waals surface area contributed by atoms with Crippen molar-refractivity contribution < 1.29 is 8.42 Å². The maximum Gasteiger partial charge on any atom is 0.236 e. The highest BCUT2D eigenvalue weighted by atomic mass is 32.2. The van der Waals surface area contributed by atoms with Crippen LogP contribution in [0.4, 0.5) is 0 Å². The van der Waals surface area contributed by atoms with Gasteiger partial charge in [-0.15, -0.1) is 0 Å². The summed E-state index contributed by atoms with van der Waals surface area (Å²) in [6.07, 6.45) is 4.93. The lowest BCUT2D eigenvalue weighted by Gasteiger charge is -2.43. The van der Waals surface area contributed by atoms with Gasteiger partial charge in [0, 0.05) is 31.6 Å². The molecule has 82 valence electrons. The Kier molecular flexibility index (Phi) is 3.56. The number of rotatable bonds is 3. The number of hydrogen-bond donors (Lipinski definition) is 0. The van der Waals surface area contributed by atoms with Gasteiger partial charge in [0.05, 0.1) is 0 Å². The molecule has 1 heterocycles. The van der Waals surface area contributed by atoms with Gasteiger partial charge in [0.15, 0.2) is 4.99 Å². The highest BCUT2D eigenvalue weighted by Gasteiger charge is 2.25. The first-order valence-electron chi connectivity index (χ1n) is 4.33. The second-order valence-electron chi connectivity index (χ2n) is 2.75. The average molecular weight is 227 g/mol. The van der Waals surface area contributed by atoms with Crippen LogP contribution in [-0.4, -0.2) is 35.1 Å². The molecular formula is C9H13N3O2S. The van der Waals surface area contributed by atoms with Crippen molar-refractivity contribution in [2.75, 3.05) is 6.54 Å². The molecule has 6 heteroatoms. The van der Waals surface area contributed by atoms with Crippen LogP contribution in [0.5, 0.6) is 0 Å². The topological polar surface area (TPSA) is 43.9 Å². The SMILES string of the molecule is C=CN1CCC(=S(=O)=O)N(C=C)N1C=C. The third-order valence-corrected chi connectivity index (χ3v) is 2.81. The Hall–Kier alpha value is -1.69. The molecule has 0 N–H and O–H groups in total. The molecule has 1 saturated heterocycles. The smallest absolute Gasteiger partial charge is 0.236 e. The van der Waals surface area contributed by atoms with Gasteiger partial charge in [-0.2, -0.15) is 13.5 Å². The molecule has 1 aliphatic rings. The summed E-state index contributed by atoms with van der Waals surface area (Å²) < 4.78 is 21.9. The van der Waals surface area contributed by atoms with E-state index in [1.807, 2.05) is 0 Å². The van der Waals surface area contributed by atoms with E-state index in [-0.39, 0.29) is 4.99 Å². The van der Waals surface area contributed by atoms with Crippen molar-refractivity contribution >= 4 is 15.3 Å². The Labute approximate surface area is 90.7 Å². The van der Waals surface area contributed by atoms with Crippen LogP contribution in [0.2, 0.25) is 0 Å². The Bertz CT molecular complexity index is 405. The molecule has 0 spiro atoms. The maximum atomic E-state index is 10.9. The molecule has 0 unspecified atom stereocenters. The highest BCUT2D eigenvalue weighted by Crippen LogP contribution is 2.15. The van der Waals surface area contributed by atoms with Gasteiger partial charge in [-0.05, 0) is 0 Å². The highest BCUT2D eigenvalue weighted by molar-refractivity contribution is 7.72. The predicted octanol–water partition coefficient (Wildman–Crippen LogP) is 0.566. The second-order valence-corrected chi connectivity index (χ2v) is 3.69. The van der Waals surface area contributed by atoms with E-state index in [0.29, 0.717) is 13.0 Å². The molecule has 5 nitrogen and oxygen atoms in total. The van der Waals surface area contributed by atoms with Crippen LogP contribution >= 0.6 is 0 Å². The van der Waals surface area contributed by atoms with E-state index >= 15 is 0 Å². The lowest BCUT2D eigenvalue weighted by molar-refractivity contribution is -0.0583. The first kappa shape index (κ1) is 11.4. The quantitative estimate of drug-likeness (QED) is 0.659. The molecule has 0 radical (unpaired) electrons. The van der Waals surface area contributed by atoms with Gasteiger partial charge in [0.2, 0.25) is 10.3 Å². The van der Waals surface area contributed by atoms with E-state index in [2.05, 4.69) is 19.7 Å². The minimum Gasteiger partial charge on any atom is -0.274 e. The van der Waals surface area contributed by atoms with Crippen molar-refractivity contribution in [3.63, 3.8) is 0 Å². The summed E-state index contributed by atoms with van der Waals surface area (Å²) in [6.45, 7) is 11.4. The van der Waals surface area contributed by atoms with E-state index in [0.717, 1.165) is 0 Å². The molecule has 1 aliphatic heterocycles. The fourth-order valence-electron chi connectivity index (χ4n) is 1.38. The summed E-state index contributed by atoms with van der Waals surface area (Å²) in [6, 6.07) is 0. The van der Waals surface area contributed by atoms with E-state index in [1.54, 1.807) is 11.2 Å². The largest absolute Gasteiger partial charge is 0.274 e. The summed E-state index contributed by atoms with van der Waals surface area (Å²) in [5, 5.41) is 4.70. The molecule has 0 aromatic rings. The molecule has 0 aromatic heterocycles. The molecule has 1 rings (SSSR count). The second kappa shape index (κ2) is 4.70. The van der Waals surface area contributed by atoms with Gasteiger partial charge in [-0.25, -0.2) is 5.01 Å². The lowest BCUT2D eigenvalue weighted by Crippen LogP contribution is -2.53. The summed E-state index contributed by atoms with van der Waals surface area (Å²) in [7, 11) is -2.25. The van der Waals surface area contributed by atoms with Gasteiger partial charge >= 0.3 is 0 Å².